The molecule has 120 valence electrons. The summed E-state index contributed by atoms with van der Waals surface area (Å²) in [6.45, 7) is 0. The first-order valence-electron chi connectivity index (χ1n) is 8.54. The Morgan fingerprint density at radius 3 is 1.25 bits per heavy atom. The van der Waals surface area contributed by atoms with Gasteiger partial charge in [-0.05, 0) is 0 Å². The average molecular weight is 332 g/mol. The molecule has 0 amide bonds. The minimum atomic E-state index is -2.67. The molecular formula is C22H21OP. The zero-order valence-electron chi connectivity index (χ0n) is 13.6. The second kappa shape index (κ2) is 6.34. The van der Waals surface area contributed by atoms with Gasteiger partial charge < -0.3 is 0 Å². The molecule has 0 heterocycles. The van der Waals surface area contributed by atoms with E-state index in [1.165, 1.54) is 15.9 Å². The molecule has 3 aromatic rings. The molecule has 1 nitrogen and oxygen atoms in total. The van der Waals surface area contributed by atoms with Gasteiger partial charge in [0.15, 0.2) is 0 Å². The van der Waals surface area contributed by atoms with Crippen molar-refractivity contribution in [1.82, 2.24) is 0 Å². The van der Waals surface area contributed by atoms with Crippen LogP contribution in [0.3, 0.4) is 0 Å². The topological polar surface area (TPSA) is 17.1 Å². The number of benzene rings is 3. The first kappa shape index (κ1) is 15.3. The van der Waals surface area contributed by atoms with Gasteiger partial charge in [0.1, 0.15) is 0 Å². The summed E-state index contributed by atoms with van der Waals surface area (Å²) in [5.74, 6) is 0.234. The Hall–Kier alpha value is -2.24. The third kappa shape index (κ3) is 2.50. The molecule has 0 atom stereocenters. The Labute approximate surface area is 143 Å². The Morgan fingerprint density at radius 2 is 0.958 bits per heavy atom. The Morgan fingerprint density at radius 1 is 0.625 bits per heavy atom. The molecule has 0 saturated heterocycles. The molecule has 3 aromatic carbocycles. The van der Waals surface area contributed by atoms with Crippen molar-refractivity contribution in [1.29, 1.82) is 0 Å². The van der Waals surface area contributed by atoms with Crippen LogP contribution in [0.2, 0.25) is 0 Å². The molecule has 1 fully saturated rings. The summed E-state index contributed by atoms with van der Waals surface area (Å²) < 4.78 is 0. The normalized spacial score (nSPS) is 15.0. The molecule has 4 rings (SSSR count). The summed E-state index contributed by atoms with van der Waals surface area (Å²) in [4.78, 5) is 13.7. The molecule has 0 unspecified atom stereocenters. The fourth-order valence-electron chi connectivity index (χ4n) is 3.64. The van der Waals surface area contributed by atoms with E-state index >= 15 is 0 Å². The van der Waals surface area contributed by atoms with E-state index in [2.05, 4.69) is 72.8 Å². The molecule has 0 spiro atoms. The van der Waals surface area contributed by atoms with E-state index < -0.39 is 7.26 Å². The molecule has 0 aliphatic heterocycles. The quantitative estimate of drug-likeness (QED) is 0.652. The van der Waals surface area contributed by atoms with Crippen molar-refractivity contribution in [2.45, 2.75) is 12.8 Å². The third-order valence-electron chi connectivity index (χ3n) is 4.94. The zero-order valence-corrected chi connectivity index (χ0v) is 14.6. The Balaban J connectivity index is 2.05. The van der Waals surface area contributed by atoms with Crippen molar-refractivity contribution in [3.05, 3.63) is 91.0 Å². The zero-order chi connectivity index (χ0) is 16.4. The molecule has 1 aliphatic carbocycles. The Kier molecular flexibility index (Phi) is 4.04. The van der Waals surface area contributed by atoms with Gasteiger partial charge >= 0.3 is 143 Å². The monoisotopic (exact) mass is 332 g/mol. The first-order valence-corrected chi connectivity index (χ1v) is 10.5. The van der Waals surface area contributed by atoms with Crippen LogP contribution in [0.4, 0.5) is 0 Å². The maximum atomic E-state index is 13.7. The molecule has 0 aromatic heterocycles. The summed E-state index contributed by atoms with van der Waals surface area (Å²) >= 11 is 0. The number of carbonyl (C=O) groups excluding carboxylic acids is 1. The Bertz CT molecular complexity index is 727. The summed E-state index contributed by atoms with van der Waals surface area (Å²) in [6.07, 6.45) is 2.08. The van der Waals surface area contributed by atoms with Gasteiger partial charge in [-0.3, -0.25) is 0 Å². The second-order valence-electron chi connectivity index (χ2n) is 6.49. The van der Waals surface area contributed by atoms with Gasteiger partial charge in [-0.25, -0.2) is 0 Å². The fourth-order valence-corrected chi connectivity index (χ4v) is 8.47. The van der Waals surface area contributed by atoms with Crippen LogP contribution in [-0.2, 0) is 4.79 Å². The van der Waals surface area contributed by atoms with Crippen LogP contribution in [0.15, 0.2) is 91.0 Å². The predicted octanol–water partition coefficient (Wildman–Crippen LogP) is 3.65. The van der Waals surface area contributed by atoms with Gasteiger partial charge in [-0.2, -0.15) is 0 Å². The van der Waals surface area contributed by atoms with E-state index in [9.17, 15) is 4.79 Å². The summed E-state index contributed by atoms with van der Waals surface area (Å²) in [5, 5.41) is 3.58. The fraction of sp³-hybridized carbons (Fsp3) is 0.136. The van der Waals surface area contributed by atoms with Gasteiger partial charge in [0, 0.05) is 0 Å². The molecule has 1 aliphatic rings. The number of hydrogen-bond acceptors (Lipinski definition) is 1. The van der Waals surface area contributed by atoms with E-state index in [1.54, 1.807) is 0 Å². The summed E-state index contributed by atoms with van der Waals surface area (Å²) in [7, 11) is -2.67. The first-order chi connectivity index (χ1) is 11.8. The van der Waals surface area contributed by atoms with Crippen LogP contribution in [-0.4, -0.2) is 5.52 Å². The standard InChI is InChI=1S/C22H21OP/c23-22(18-16-17-18)24(19-10-4-1-5-11-19,20-12-6-2-7-13-20)21-14-8-3-9-15-21/h1-15,18,24H,16-17H2. The van der Waals surface area contributed by atoms with Crippen LogP contribution < -0.4 is 15.9 Å². The van der Waals surface area contributed by atoms with Crippen LogP contribution in [0, 0.1) is 5.92 Å². The molecule has 2 heteroatoms. The molecule has 1 saturated carbocycles. The van der Waals surface area contributed by atoms with E-state index in [1.807, 2.05) is 18.2 Å². The SMILES string of the molecule is O=C(C1CC1)[PH](c1ccccc1)(c1ccccc1)c1ccccc1. The average Bonchev–Trinajstić information content (AvgIpc) is 3.50. The predicted molar refractivity (Wildman–Crippen MR) is 104 cm³/mol. The van der Waals surface area contributed by atoms with Crippen molar-refractivity contribution < 1.29 is 4.79 Å². The molecular weight excluding hydrogens is 311 g/mol. The van der Waals surface area contributed by atoms with Crippen LogP contribution >= 0.6 is 7.26 Å². The summed E-state index contributed by atoms with van der Waals surface area (Å²) in [6, 6.07) is 31.3. The molecule has 24 heavy (non-hydrogen) atoms. The van der Waals surface area contributed by atoms with E-state index in [-0.39, 0.29) is 5.92 Å². The molecule has 0 N–H and O–H groups in total. The van der Waals surface area contributed by atoms with Gasteiger partial charge in [0.25, 0.3) is 0 Å². The van der Waals surface area contributed by atoms with Gasteiger partial charge in [-0.15, -0.1) is 0 Å². The number of carbonyl (C=O) groups is 1. The van der Waals surface area contributed by atoms with Crippen molar-refractivity contribution in [3.8, 4) is 0 Å². The van der Waals surface area contributed by atoms with E-state index in [0.717, 1.165) is 12.8 Å². The number of hydrogen-bond donors (Lipinski definition) is 0. The van der Waals surface area contributed by atoms with Crippen LogP contribution in [0.1, 0.15) is 12.8 Å². The number of rotatable bonds is 5. The van der Waals surface area contributed by atoms with Crippen molar-refractivity contribution >= 4 is 28.7 Å². The van der Waals surface area contributed by atoms with E-state index in [4.69, 9.17) is 0 Å². The van der Waals surface area contributed by atoms with Gasteiger partial charge in [0.05, 0.1) is 0 Å². The third-order valence-corrected chi connectivity index (χ3v) is 9.68. The van der Waals surface area contributed by atoms with E-state index in [0.29, 0.717) is 5.52 Å². The van der Waals surface area contributed by atoms with Crippen molar-refractivity contribution in [2.24, 2.45) is 5.92 Å². The minimum absolute atomic E-state index is 0.234. The molecule has 0 radical (unpaired) electrons. The van der Waals surface area contributed by atoms with Crippen molar-refractivity contribution in [3.63, 3.8) is 0 Å². The molecule has 0 bridgehead atoms. The van der Waals surface area contributed by atoms with Crippen LogP contribution in [0.5, 0.6) is 0 Å². The second-order valence-corrected chi connectivity index (χ2v) is 10.2. The van der Waals surface area contributed by atoms with Crippen molar-refractivity contribution in [2.75, 3.05) is 0 Å². The van der Waals surface area contributed by atoms with Crippen LogP contribution in [0.25, 0.3) is 0 Å². The summed E-state index contributed by atoms with van der Waals surface area (Å²) in [5.41, 5.74) is 0.464. The maximum absolute atomic E-state index is 13.7. The van der Waals surface area contributed by atoms with Gasteiger partial charge in [0.2, 0.25) is 0 Å². The van der Waals surface area contributed by atoms with Gasteiger partial charge in [-0.1, -0.05) is 0 Å².